The molecule has 1 fully saturated rings. The summed E-state index contributed by atoms with van der Waals surface area (Å²) < 4.78 is 13.7. The van der Waals surface area contributed by atoms with Gasteiger partial charge < -0.3 is 10.6 Å². The minimum atomic E-state index is -0.404. The number of benzene rings is 1. The Balaban J connectivity index is 1.82. The molecule has 1 aromatic heterocycles. The number of nitrogens with one attached hydrogen (secondary N) is 2. The molecule has 0 spiro atoms. The predicted octanol–water partition coefficient (Wildman–Crippen LogP) is 1.86. The van der Waals surface area contributed by atoms with Gasteiger partial charge in [-0.25, -0.2) is 9.37 Å². The number of pyridine rings is 1. The molecule has 104 valence electrons. The van der Waals surface area contributed by atoms with E-state index in [1.54, 1.807) is 24.3 Å². The summed E-state index contributed by atoms with van der Waals surface area (Å²) in [6.45, 7) is 1.81. The summed E-state index contributed by atoms with van der Waals surface area (Å²) in [6.07, 6.45) is 1.82. The van der Waals surface area contributed by atoms with E-state index in [2.05, 4.69) is 15.6 Å². The summed E-state index contributed by atoms with van der Waals surface area (Å²) >= 11 is 0. The third kappa shape index (κ3) is 2.63. The minimum absolute atomic E-state index is 0.168. The number of para-hydroxylation sites is 1. The monoisotopic (exact) mass is 273 g/mol. The quantitative estimate of drug-likeness (QED) is 0.878. The van der Waals surface area contributed by atoms with E-state index in [0.29, 0.717) is 5.39 Å². The highest BCUT2D eigenvalue weighted by atomic mass is 19.1. The molecule has 0 atom stereocenters. The highest BCUT2D eigenvalue weighted by molar-refractivity contribution is 5.95. The largest absolute Gasteiger partial charge is 0.348 e. The molecule has 0 aliphatic carbocycles. The average Bonchev–Trinajstić information content (AvgIpc) is 2.48. The number of piperidine rings is 1. The van der Waals surface area contributed by atoms with Crippen molar-refractivity contribution < 1.29 is 9.18 Å². The lowest BCUT2D eigenvalue weighted by Gasteiger charge is -2.23. The molecule has 0 radical (unpaired) electrons. The van der Waals surface area contributed by atoms with Gasteiger partial charge in [-0.2, -0.15) is 0 Å². The number of aromatic nitrogens is 1. The molecule has 20 heavy (non-hydrogen) atoms. The van der Waals surface area contributed by atoms with E-state index in [4.69, 9.17) is 0 Å². The van der Waals surface area contributed by atoms with Crippen LogP contribution in [0.2, 0.25) is 0 Å². The Kier molecular flexibility index (Phi) is 3.60. The number of hydrogen-bond acceptors (Lipinski definition) is 3. The summed E-state index contributed by atoms with van der Waals surface area (Å²) in [5.74, 6) is -0.638. The summed E-state index contributed by atoms with van der Waals surface area (Å²) in [5.41, 5.74) is 0.506. The number of carbonyl (C=O) groups is 1. The van der Waals surface area contributed by atoms with E-state index in [-0.39, 0.29) is 23.2 Å². The second-order valence-corrected chi connectivity index (χ2v) is 5.01. The number of halogens is 1. The third-order valence-electron chi connectivity index (χ3n) is 3.58. The zero-order valence-corrected chi connectivity index (χ0v) is 11.0. The van der Waals surface area contributed by atoms with Crippen molar-refractivity contribution in [1.29, 1.82) is 0 Å². The van der Waals surface area contributed by atoms with Crippen molar-refractivity contribution in [2.24, 2.45) is 0 Å². The van der Waals surface area contributed by atoms with Gasteiger partial charge in [-0.15, -0.1) is 0 Å². The highest BCUT2D eigenvalue weighted by Crippen LogP contribution is 2.16. The zero-order valence-electron chi connectivity index (χ0n) is 11.0. The number of carbonyl (C=O) groups excluding carboxylic acids is 1. The molecular weight excluding hydrogens is 257 g/mol. The highest BCUT2D eigenvalue weighted by Gasteiger charge is 2.17. The first-order valence-electron chi connectivity index (χ1n) is 6.81. The van der Waals surface area contributed by atoms with Gasteiger partial charge in [0.1, 0.15) is 17.0 Å². The van der Waals surface area contributed by atoms with Crippen LogP contribution < -0.4 is 10.6 Å². The summed E-state index contributed by atoms with van der Waals surface area (Å²) in [7, 11) is 0. The van der Waals surface area contributed by atoms with Gasteiger partial charge in [-0.3, -0.25) is 4.79 Å². The van der Waals surface area contributed by atoms with Crippen molar-refractivity contribution in [3.05, 3.63) is 41.8 Å². The topological polar surface area (TPSA) is 54.0 Å². The molecule has 5 heteroatoms. The van der Waals surface area contributed by atoms with Crippen molar-refractivity contribution in [3.8, 4) is 0 Å². The lowest BCUT2D eigenvalue weighted by Crippen LogP contribution is -2.42. The molecule has 3 rings (SSSR count). The summed E-state index contributed by atoms with van der Waals surface area (Å²) in [5, 5.41) is 6.90. The van der Waals surface area contributed by atoms with Crippen LogP contribution in [-0.4, -0.2) is 30.0 Å². The van der Waals surface area contributed by atoms with Crippen LogP contribution >= 0.6 is 0 Å². The van der Waals surface area contributed by atoms with E-state index >= 15 is 0 Å². The van der Waals surface area contributed by atoms with Gasteiger partial charge in [-0.1, -0.05) is 18.2 Å². The van der Waals surface area contributed by atoms with Gasteiger partial charge in [0, 0.05) is 11.4 Å². The summed E-state index contributed by atoms with van der Waals surface area (Å²) in [6, 6.07) is 8.29. The van der Waals surface area contributed by atoms with E-state index in [1.165, 1.54) is 6.07 Å². The van der Waals surface area contributed by atoms with Gasteiger partial charge in [-0.05, 0) is 38.1 Å². The Morgan fingerprint density at radius 2 is 2.05 bits per heavy atom. The van der Waals surface area contributed by atoms with Crippen LogP contribution in [0.3, 0.4) is 0 Å². The molecule has 0 saturated carbocycles. The Morgan fingerprint density at radius 3 is 2.85 bits per heavy atom. The molecule has 1 saturated heterocycles. The fraction of sp³-hybridized carbons (Fsp3) is 0.333. The molecule has 0 unspecified atom stereocenters. The predicted molar refractivity (Wildman–Crippen MR) is 75.1 cm³/mol. The van der Waals surface area contributed by atoms with Crippen LogP contribution in [0, 0.1) is 5.82 Å². The van der Waals surface area contributed by atoms with Crippen LogP contribution in [-0.2, 0) is 0 Å². The molecule has 2 N–H and O–H groups in total. The molecule has 2 aromatic rings. The third-order valence-corrected chi connectivity index (χ3v) is 3.58. The summed E-state index contributed by atoms with van der Waals surface area (Å²) in [4.78, 5) is 16.3. The molecule has 4 nitrogen and oxygen atoms in total. The van der Waals surface area contributed by atoms with Gasteiger partial charge >= 0.3 is 0 Å². The lowest BCUT2D eigenvalue weighted by atomic mass is 10.1. The Bertz CT molecular complexity index is 638. The fourth-order valence-electron chi connectivity index (χ4n) is 2.46. The number of fused-ring (bicyclic) bond motifs is 1. The molecular formula is C15H16FN3O. The molecule has 0 bridgehead atoms. The normalized spacial score (nSPS) is 16.2. The van der Waals surface area contributed by atoms with Crippen LogP contribution in [0.5, 0.6) is 0 Å². The second-order valence-electron chi connectivity index (χ2n) is 5.01. The first-order valence-corrected chi connectivity index (χ1v) is 6.81. The lowest BCUT2D eigenvalue weighted by molar-refractivity contribution is 0.0925. The zero-order chi connectivity index (χ0) is 13.9. The van der Waals surface area contributed by atoms with Crippen LogP contribution in [0.4, 0.5) is 4.39 Å². The van der Waals surface area contributed by atoms with Gasteiger partial charge in [0.05, 0.1) is 0 Å². The molecule has 1 aliphatic heterocycles. The number of nitrogens with zero attached hydrogens (tertiary/aromatic N) is 1. The SMILES string of the molecule is O=C(NC1CCNCC1)c1ccc2cccc(F)c2n1. The van der Waals surface area contributed by atoms with Crippen molar-refractivity contribution in [1.82, 2.24) is 15.6 Å². The first-order chi connectivity index (χ1) is 9.74. The van der Waals surface area contributed by atoms with E-state index in [9.17, 15) is 9.18 Å². The Morgan fingerprint density at radius 1 is 1.25 bits per heavy atom. The maximum absolute atomic E-state index is 13.7. The van der Waals surface area contributed by atoms with E-state index in [0.717, 1.165) is 25.9 Å². The fourth-order valence-corrected chi connectivity index (χ4v) is 2.46. The Hall–Kier alpha value is -2.01. The van der Waals surface area contributed by atoms with Crippen molar-refractivity contribution in [3.63, 3.8) is 0 Å². The molecule has 1 aliphatic rings. The number of hydrogen-bond donors (Lipinski definition) is 2. The Labute approximate surface area is 116 Å². The maximum Gasteiger partial charge on any atom is 0.270 e. The van der Waals surface area contributed by atoms with Gasteiger partial charge in [0.25, 0.3) is 5.91 Å². The number of rotatable bonds is 2. The first kappa shape index (κ1) is 13.0. The van der Waals surface area contributed by atoms with E-state index < -0.39 is 5.82 Å². The second kappa shape index (κ2) is 5.54. The van der Waals surface area contributed by atoms with Crippen LogP contribution in [0.1, 0.15) is 23.3 Å². The maximum atomic E-state index is 13.7. The van der Waals surface area contributed by atoms with Crippen molar-refractivity contribution in [2.45, 2.75) is 18.9 Å². The van der Waals surface area contributed by atoms with E-state index in [1.807, 2.05) is 0 Å². The molecule has 1 aromatic carbocycles. The van der Waals surface area contributed by atoms with Crippen LogP contribution in [0.15, 0.2) is 30.3 Å². The van der Waals surface area contributed by atoms with Gasteiger partial charge in [0.2, 0.25) is 0 Å². The number of amides is 1. The van der Waals surface area contributed by atoms with Gasteiger partial charge in [0.15, 0.2) is 0 Å². The van der Waals surface area contributed by atoms with Crippen molar-refractivity contribution in [2.75, 3.05) is 13.1 Å². The average molecular weight is 273 g/mol. The van der Waals surface area contributed by atoms with Crippen LogP contribution in [0.25, 0.3) is 10.9 Å². The smallest absolute Gasteiger partial charge is 0.270 e. The van der Waals surface area contributed by atoms with Crippen molar-refractivity contribution >= 4 is 16.8 Å². The standard InChI is InChI=1S/C15H16FN3O/c16-12-3-1-2-10-4-5-13(19-14(10)12)15(20)18-11-6-8-17-9-7-11/h1-5,11,17H,6-9H2,(H,18,20). The molecule has 1 amide bonds. The molecule has 2 heterocycles. The minimum Gasteiger partial charge on any atom is -0.348 e.